The van der Waals surface area contributed by atoms with Crippen molar-refractivity contribution in [3.05, 3.63) is 0 Å². The van der Waals surface area contributed by atoms with E-state index >= 15 is 0 Å². The fourth-order valence-corrected chi connectivity index (χ4v) is 2.11. The second-order valence-electron chi connectivity index (χ2n) is 6.03. The molecule has 19 heavy (non-hydrogen) atoms. The van der Waals surface area contributed by atoms with Gasteiger partial charge in [-0.05, 0) is 44.4 Å². The Hall–Kier alpha value is -1.26. The van der Waals surface area contributed by atoms with Gasteiger partial charge in [0.15, 0.2) is 0 Å². The van der Waals surface area contributed by atoms with E-state index in [9.17, 15) is 9.59 Å². The van der Waals surface area contributed by atoms with E-state index in [1.807, 2.05) is 6.92 Å². The van der Waals surface area contributed by atoms with E-state index in [1.54, 1.807) is 0 Å². The first-order valence-corrected chi connectivity index (χ1v) is 7.17. The van der Waals surface area contributed by atoms with Gasteiger partial charge in [-0.25, -0.2) is 4.79 Å². The zero-order valence-electron chi connectivity index (χ0n) is 12.1. The van der Waals surface area contributed by atoms with E-state index in [0.29, 0.717) is 11.8 Å². The third-order valence-corrected chi connectivity index (χ3v) is 3.46. The van der Waals surface area contributed by atoms with Crippen LogP contribution in [0.4, 0.5) is 4.79 Å². The van der Waals surface area contributed by atoms with Crippen LogP contribution >= 0.6 is 0 Å². The van der Waals surface area contributed by atoms with E-state index in [-0.39, 0.29) is 24.5 Å². The van der Waals surface area contributed by atoms with E-state index in [4.69, 9.17) is 5.11 Å². The van der Waals surface area contributed by atoms with Crippen LogP contribution in [0, 0.1) is 11.8 Å². The molecule has 110 valence electrons. The van der Waals surface area contributed by atoms with Gasteiger partial charge in [0.25, 0.3) is 0 Å². The molecule has 2 amide bonds. The van der Waals surface area contributed by atoms with E-state index in [2.05, 4.69) is 24.5 Å². The summed E-state index contributed by atoms with van der Waals surface area (Å²) < 4.78 is 0. The van der Waals surface area contributed by atoms with Crippen LogP contribution in [0.2, 0.25) is 0 Å². The third kappa shape index (κ3) is 7.03. The number of carbonyl (C=O) groups excluding carboxylic acids is 1. The van der Waals surface area contributed by atoms with Crippen LogP contribution in [0.1, 0.15) is 52.9 Å². The van der Waals surface area contributed by atoms with E-state index in [1.165, 1.54) is 0 Å². The number of carboxylic acids is 1. The molecular formula is C14H26N2O3. The van der Waals surface area contributed by atoms with Gasteiger partial charge < -0.3 is 15.7 Å². The van der Waals surface area contributed by atoms with Crippen molar-refractivity contribution in [2.24, 2.45) is 11.8 Å². The molecule has 1 fully saturated rings. The van der Waals surface area contributed by atoms with Gasteiger partial charge in [-0.2, -0.15) is 0 Å². The number of hydrogen-bond acceptors (Lipinski definition) is 2. The Kier molecular flexibility index (Phi) is 6.12. The smallest absolute Gasteiger partial charge is 0.315 e. The minimum absolute atomic E-state index is 0.0124. The Morgan fingerprint density at radius 2 is 1.79 bits per heavy atom. The molecule has 0 saturated heterocycles. The molecule has 0 aromatic heterocycles. The lowest BCUT2D eigenvalue weighted by Crippen LogP contribution is -2.47. The number of nitrogens with one attached hydrogen (secondary N) is 2. The lowest BCUT2D eigenvalue weighted by Gasteiger charge is -2.20. The molecular weight excluding hydrogens is 244 g/mol. The van der Waals surface area contributed by atoms with Gasteiger partial charge in [0.1, 0.15) is 0 Å². The monoisotopic (exact) mass is 270 g/mol. The van der Waals surface area contributed by atoms with Gasteiger partial charge in [-0.15, -0.1) is 0 Å². The number of rotatable bonds is 8. The summed E-state index contributed by atoms with van der Waals surface area (Å²) in [6.07, 6.45) is 4.06. The van der Waals surface area contributed by atoms with Crippen molar-refractivity contribution in [3.8, 4) is 0 Å². The van der Waals surface area contributed by atoms with Crippen LogP contribution in [0.15, 0.2) is 0 Å². The molecule has 0 radical (unpaired) electrons. The van der Waals surface area contributed by atoms with Gasteiger partial charge in [-0.1, -0.05) is 13.8 Å². The highest BCUT2D eigenvalue weighted by Gasteiger charge is 2.33. The highest BCUT2D eigenvalue weighted by Crippen LogP contribution is 2.33. The maximum atomic E-state index is 11.8. The van der Waals surface area contributed by atoms with Crippen molar-refractivity contribution in [2.45, 2.75) is 65.0 Å². The maximum absolute atomic E-state index is 11.8. The zero-order valence-corrected chi connectivity index (χ0v) is 12.1. The fraction of sp³-hybridized carbons (Fsp3) is 0.857. The summed E-state index contributed by atoms with van der Waals surface area (Å²) in [7, 11) is 0. The van der Waals surface area contributed by atoms with E-state index < -0.39 is 5.97 Å². The second-order valence-corrected chi connectivity index (χ2v) is 6.03. The van der Waals surface area contributed by atoms with Crippen molar-refractivity contribution >= 4 is 12.0 Å². The van der Waals surface area contributed by atoms with Crippen molar-refractivity contribution in [1.29, 1.82) is 0 Å². The Morgan fingerprint density at radius 3 is 2.26 bits per heavy atom. The molecule has 0 bridgehead atoms. The number of hydrogen-bond donors (Lipinski definition) is 3. The van der Waals surface area contributed by atoms with Gasteiger partial charge in [0, 0.05) is 12.1 Å². The molecule has 5 nitrogen and oxygen atoms in total. The number of carbonyl (C=O) groups is 2. The van der Waals surface area contributed by atoms with Crippen LogP contribution in [-0.2, 0) is 4.79 Å². The van der Waals surface area contributed by atoms with Crippen LogP contribution < -0.4 is 10.6 Å². The predicted octanol–water partition coefficient (Wildman–Crippen LogP) is 2.36. The molecule has 2 atom stereocenters. The Morgan fingerprint density at radius 1 is 1.16 bits per heavy atom. The first kappa shape index (κ1) is 15.8. The molecule has 1 aliphatic carbocycles. The molecule has 0 heterocycles. The SMILES string of the molecule is CC(C)CCC(C)NC(=O)NC(CC(=O)O)C1CC1. The number of carboxylic acid groups (broad SMARTS) is 1. The average Bonchev–Trinajstić information content (AvgIpc) is 3.08. The Bertz CT molecular complexity index is 314. The van der Waals surface area contributed by atoms with Crippen molar-refractivity contribution < 1.29 is 14.7 Å². The lowest BCUT2D eigenvalue weighted by molar-refractivity contribution is -0.137. The minimum Gasteiger partial charge on any atom is -0.481 e. The summed E-state index contributed by atoms with van der Waals surface area (Å²) in [5.41, 5.74) is 0. The topological polar surface area (TPSA) is 78.4 Å². The summed E-state index contributed by atoms with van der Waals surface area (Å²) in [5.74, 6) is 0.108. The van der Waals surface area contributed by atoms with Crippen LogP contribution in [0.3, 0.4) is 0 Å². The molecule has 1 aliphatic rings. The minimum atomic E-state index is -0.856. The van der Waals surface area contributed by atoms with Gasteiger partial charge in [0.05, 0.1) is 6.42 Å². The summed E-state index contributed by atoms with van der Waals surface area (Å²) in [6, 6.07) is -0.351. The van der Waals surface area contributed by atoms with E-state index in [0.717, 1.165) is 25.7 Å². The molecule has 1 rings (SSSR count). The Balaban J connectivity index is 2.29. The number of aliphatic carboxylic acids is 1. The average molecular weight is 270 g/mol. The first-order chi connectivity index (χ1) is 8.88. The zero-order chi connectivity index (χ0) is 14.4. The molecule has 5 heteroatoms. The molecule has 0 aliphatic heterocycles. The van der Waals surface area contributed by atoms with Gasteiger partial charge >= 0.3 is 12.0 Å². The molecule has 0 spiro atoms. The molecule has 2 unspecified atom stereocenters. The van der Waals surface area contributed by atoms with Gasteiger partial charge in [-0.3, -0.25) is 4.79 Å². The number of urea groups is 1. The third-order valence-electron chi connectivity index (χ3n) is 3.46. The highest BCUT2D eigenvalue weighted by molar-refractivity contribution is 5.76. The van der Waals surface area contributed by atoms with Crippen molar-refractivity contribution in [3.63, 3.8) is 0 Å². The highest BCUT2D eigenvalue weighted by atomic mass is 16.4. The summed E-state index contributed by atoms with van der Waals surface area (Å²) >= 11 is 0. The van der Waals surface area contributed by atoms with Crippen LogP contribution in [-0.4, -0.2) is 29.2 Å². The first-order valence-electron chi connectivity index (χ1n) is 7.17. The molecule has 3 N–H and O–H groups in total. The van der Waals surface area contributed by atoms with Crippen LogP contribution in [0.5, 0.6) is 0 Å². The maximum Gasteiger partial charge on any atom is 0.315 e. The summed E-state index contributed by atoms with van der Waals surface area (Å²) in [5, 5.41) is 14.5. The predicted molar refractivity (Wildman–Crippen MR) is 74.0 cm³/mol. The lowest BCUT2D eigenvalue weighted by atomic mass is 10.0. The standard InChI is InChI=1S/C14H26N2O3/c1-9(2)4-5-10(3)15-14(19)16-12(8-13(17)18)11-6-7-11/h9-12H,4-8H2,1-3H3,(H,17,18)(H2,15,16,19). The molecule has 0 aromatic carbocycles. The van der Waals surface area contributed by atoms with Crippen LogP contribution in [0.25, 0.3) is 0 Å². The largest absolute Gasteiger partial charge is 0.481 e. The van der Waals surface area contributed by atoms with Crippen molar-refractivity contribution in [1.82, 2.24) is 10.6 Å². The fourth-order valence-electron chi connectivity index (χ4n) is 2.11. The van der Waals surface area contributed by atoms with Crippen molar-refractivity contribution in [2.75, 3.05) is 0 Å². The normalized spacial score (nSPS) is 17.9. The molecule has 0 aromatic rings. The number of amides is 2. The molecule has 1 saturated carbocycles. The second kappa shape index (κ2) is 7.36. The summed E-state index contributed by atoms with van der Waals surface area (Å²) in [6.45, 7) is 6.29. The Labute approximate surface area is 115 Å². The van der Waals surface area contributed by atoms with Gasteiger partial charge in [0.2, 0.25) is 0 Å². The summed E-state index contributed by atoms with van der Waals surface area (Å²) in [4.78, 5) is 22.6. The quantitative estimate of drug-likeness (QED) is 0.633.